The summed E-state index contributed by atoms with van der Waals surface area (Å²) in [5, 5.41) is 2.96. The Kier molecular flexibility index (Phi) is 8.18. The molecule has 0 aliphatic rings. The molecule has 0 fully saturated rings. The summed E-state index contributed by atoms with van der Waals surface area (Å²) in [6.45, 7) is 11.4. The van der Waals surface area contributed by atoms with Crippen LogP contribution in [-0.2, 0) is 11.3 Å². The molecule has 1 atom stereocenters. The van der Waals surface area contributed by atoms with Crippen LogP contribution < -0.4 is 19.5 Å². The quantitative estimate of drug-likeness (QED) is 0.651. The molecule has 0 bridgehead atoms. The number of carbonyl (C=O) groups is 1. The first-order valence-electron chi connectivity index (χ1n) is 9.89. The van der Waals surface area contributed by atoms with Crippen LogP contribution in [0.4, 0.5) is 0 Å². The van der Waals surface area contributed by atoms with Gasteiger partial charge in [-0.1, -0.05) is 25.1 Å². The number of aryl methyl sites for hydroxylation is 1. The number of nitrogens with one attached hydrogen (secondary N) is 1. The van der Waals surface area contributed by atoms with E-state index in [9.17, 15) is 4.79 Å². The Morgan fingerprint density at radius 3 is 2.36 bits per heavy atom. The molecule has 0 aromatic heterocycles. The van der Waals surface area contributed by atoms with E-state index >= 15 is 0 Å². The second kappa shape index (κ2) is 10.6. The average Bonchev–Trinajstić information content (AvgIpc) is 2.69. The highest BCUT2D eigenvalue weighted by molar-refractivity contribution is 5.81. The van der Waals surface area contributed by atoms with Crippen LogP contribution in [0.3, 0.4) is 0 Å². The van der Waals surface area contributed by atoms with Crippen LogP contribution in [0, 0.1) is 13.8 Å². The third-order valence-corrected chi connectivity index (χ3v) is 4.56. The molecule has 2 aromatic rings. The summed E-state index contributed by atoms with van der Waals surface area (Å²) < 4.78 is 17.2. The van der Waals surface area contributed by atoms with Gasteiger partial charge < -0.3 is 19.5 Å². The maximum atomic E-state index is 12.6. The molecular formula is C23H31NO4. The monoisotopic (exact) mass is 385 g/mol. The van der Waals surface area contributed by atoms with E-state index in [1.807, 2.05) is 71.0 Å². The van der Waals surface area contributed by atoms with Crippen LogP contribution in [0.15, 0.2) is 36.4 Å². The highest BCUT2D eigenvalue weighted by atomic mass is 16.5. The molecule has 5 heteroatoms. The Bertz CT molecular complexity index is 788. The summed E-state index contributed by atoms with van der Waals surface area (Å²) in [5.74, 6) is 2.02. The van der Waals surface area contributed by atoms with Gasteiger partial charge in [0.05, 0.1) is 13.2 Å². The summed E-state index contributed by atoms with van der Waals surface area (Å²) in [6, 6.07) is 11.6. The van der Waals surface area contributed by atoms with E-state index in [0.717, 1.165) is 22.4 Å². The first-order valence-corrected chi connectivity index (χ1v) is 9.89. The van der Waals surface area contributed by atoms with Crippen LogP contribution in [0.5, 0.6) is 17.2 Å². The minimum Gasteiger partial charge on any atom is -0.490 e. The Balaban J connectivity index is 2.03. The largest absolute Gasteiger partial charge is 0.490 e. The Hall–Kier alpha value is -2.69. The molecule has 28 heavy (non-hydrogen) atoms. The fraction of sp³-hybridized carbons (Fsp3) is 0.435. The number of ether oxygens (including phenoxy) is 3. The molecule has 2 aromatic carbocycles. The number of carbonyl (C=O) groups excluding carboxylic acids is 1. The van der Waals surface area contributed by atoms with Gasteiger partial charge in [0.1, 0.15) is 5.75 Å². The smallest absolute Gasteiger partial charge is 0.261 e. The van der Waals surface area contributed by atoms with Crippen molar-refractivity contribution in [2.75, 3.05) is 13.2 Å². The molecule has 0 spiro atoms. The van der Waals surface area contributed by atoms with Crippen molar-refractivity contribution in [3.05, 3.63) is 53.1 Å². The Labute approximate surface area is 168 Å². The molecule has 0 saturated heterocycles. The molecule has 0 aliphatic heterocycles. The number of benzene rings is 2. The van der Waals surface area contributed by atoms with Gasteiger partial charge in [0.15, 0.2) is 17.6 Å². The third kappa shape index (κ3) is 5.65. The zero-order chi connectivity index (χ0) is 20.5. The van der Waals surface area contributed by atoms with E-state index in [1.165, 1.54) is 0 Å². The average molecular weight is 386 g/mol. The van der Waals surface area contributed by atoms with Gasteiger partial charge in [0, 0.05) is 6.54 Å². The Morgan fingerprint density at radius 1 is 0.964 bits per heavy atom. The van der Waals surface area contributed by atoms with Crippen molar-refractivity contribution < 1.29 is 19.0 Å². The molecular weight excluding hydrogens is 354 g/mol. The second-order valence-corrected chi connectivity index (χ2v) is 6.58. The van der Waals surface area contributed by atoms with Crippen molar-refractivity contribution in [2.24, 2.45) is 0 Å². The SMILES string of the molecule is CCOc1ccc(CNC(=O)[C@H](CC)Oc2cccc(C)c2C)cc1OCC. The number of rotatable bonds is 10. The fourth-order valence-corrected chi connectivity index (χ4v) is 2.84. The van der Waals surface area contributed by atoms with E-state index in [0.29, 0.717) is 37.7 Å². The normalized spacial score (nSPS) is 11.6. The van der Waals surface area contributed by atoms with Crippen LogP contribution in [0.1, 0.15) is 43.9 Å². The van der Waals surface area contributed by atoms with Crippen LogP contribution >= 0.6 is 0 Å². The minimum absolute atomic E-state index is 0.129. The summed E-state index contributed by atoms with van der Waals surface area (Å²) in [5.41, 5.74) is 3.15. The van der Waals surface area contributed by atoms with E-state index in [4.69, 9.17) is 14.2 Å². The fourth-order valence-electron chi connectivity index (χ4n) is 2.84. The molecule has 152 valence electrons. The van der Waals surface area contributed by atoms with Gasteiger partial charge in [0.2, 0.25) is 0 Å². The molecule has 2 rings (SSSR count). The molecule has 1 N–H and O–H groups in total. The molecule has 0 radical (unpaired) electrons. The van der Waals surface area contributed by atoms with Crippen molar-refractivity contribution >= 4 is 5.91 Å². The lowest BCUT2D eigenvalue weighted by molar-refractivity contribution is -0.128. The van der Waals surface area contributed by atoms with Crippen molar-refractivity contribution in [2.45, 2.75) is 53.7 Å². The van der Waals surface area contributed by atoms with Gasteiger partial charge in [-0.3, -0.25) is 4.79 Å². The zero-order valence-corrected chi connectivity index (χ0v) is 17.5. The van der Waals surface area contributed by atoms with E-state index in [1.54, 1.807) is 0 Å². The first-order chi connectivity index (χ1) is 13.5. The maximum absolute atomic E-state index is 12.6. The maximum Gasteiger partial charge on any atom is 0.261 e. The number of hydrogen-bond donors (Lipinski definition) is 1. The van der Waals surface area contributed by atoms with Crippen LogP contribution in [0.2, 0.25) is 0 Å². The van der Waals surface area contributed by atoms with Gasteiger partial charge in [-0.15, -0.1) is 0 Å². The van der Waals surface area contributed by atoms with Crippen molar-refractivity contribution in [1.29, 1.82) is 0 Å². The Morgan fingerprint density at radius 2 is 1.68 bits per heavy atom. The number of amides is 1. The van der Waals surface area contributed by atoms with Gasteiger partial charge in [-0.2, -0.15) is 0 Å². The molecule has 5 nitrogen and oxygen atoms in total. The molecule has 0 unspecified atom stereocenters. The minimum atomic E-state index is -0.533. The summed E-state index contributed by atoms with van der Waals surface area (Å²) in [4.78, 5) is 12.6. The lowest BCUT2D eigenvalue weighted by Crippen LogP contribution is -2.37. The predicted molar refractivity (Wildman–Crippen MR) is 111 cm³/mol. The van der Waals surface area contributed by atoms with Crippen molar-refractivity contribution in [1.82, 2.24) is 5.32 Å². The van der Waals surface area contributed by atoms with Crippen LogP contribution in [0.25, 0.3) is 0 Å². The summed E-state index contributed by atoms with van der Waals surface area (Å²) >= 11 is 0. The number of hydrogen-bond acceptors (Lipinski definition) is 4. The van der Waals surface area contributed by atoms with E-state index in [-0.39, 0.29) is 5.91 Å². The standard InChI is InChI=1S/C23H31NO4/c1-6-19(28-20-11-9-10-16(4)17(20)5)23(25)24-15-18-12-13-21(26-7-2)22(14-18)27-8-3/h9-14,19H,6-8,15H2,1-5H3,(H,24,25)/t19-/m0/s1. The first kappa shape index (κ1) is 21.6. The van der Waals surface area contributed by atoms with Crippen LogP contribution in [-0.4, -0.2) is 25.2 Å². The molecule has 0 aliphatic carbocycles. The van der Waals surface area contributed by atoms with E-state index in [2.05, 4.69) is 5.32 Å². The topological polar surface area (TPSA) is 56.8 Å². The van der Waals surface area contributed by atoms with Gasteiger partial charge in [0.25, 0.3) is 5.91 Å². The van der Waals surface area contributed by atoms with Crippen molar-refractivity contribution in [3.63, 3.8) is 0 Å². The highest BCUT2D eigenvalue weighted by Gasteiger charge is 2.19. The van der Waals surface area contributed by atoms with Crippen molar-refractivity contribution in [3.8, 4) is 17.2 Å². The highest BCUT2D eigenvalue weighted by Crippen LogP contribution is 2.28. The third-order valence-electron chi connectivity index (χ3n) is 4.56. The van der Waals surface area contributed by atoms with Gasteiger partial charge >= 0.3 is 0 Å². The van der Waals surface area contributed by atoms with Gasteiger partial charge in [-0.05, 0) is 69.0 Å². The lowest BCUT2D eigenvalue weighted by Gasteiger charge is -2.19. The zero-order valence-electron chi connectivity index (χ0n) is 17.5. The summed E-state index contributed by atoms with van der Waals surface area (Å²) in [7, 11) is 0. The molecule has 1 amide bonds. The predicted octanol–water partition coefficient (Wildman–Crippen LogP) is 4.57. The van der Waals surface area contributed by atoms with Gasteiger partial charge in [-0.25, -0.2) is 0 Å². The second-order valence-electron chi connectivity index (χ2n) is 6.58. The molecule has 0 heterocycles. The van der Waals surface area contributed by atoms with E-state index < -0.39 is 6.10 Å². The lowest BCUT2D eigenvalue weighted by atomic mass is 10.1. The molecule has 0 saturated carbocycles. The summed E-state index contributed by atoms with van der Waals surface area (Å²) in [6.07, 6.45) is 0.0572.